The number of nitrogens with two attached hydrogens (primary N) is 1. The maximum Gasteiger partial charge on any atom is 0.508 e. The van der Waals surface area contributed by atoms with E-state index in [2.05, 4.69) is 22.0 Å². The molecule has 0 saturated carbocycles. The summed E-state index contributed by atoms with van der Waals surface area (Å²) in [7, 11) is 1.32. The average Bonchev–Trinajstić information content (AvgIpc) is 2.82. The second kappa shape index (κ2) is 9.56. The van der Waals surface area contributed by atoms with Crippen molar-refractivity contribution in [3.8, 4) is 5.75 Å². The topological polar surface area (TPSA) is 114 Å². The van der Waals surface area contributed by atoms with Gasteiger partial charge in [-0.3, -0.25) is 10.4 Å². The van der Waals surface area contributed by atoms with E-state index in [1.807, 2.05) is 36.2 Å². The molecule has 1 saturated heterocycles. The van der Waals surface area contributed by atoms with Crippen molar-refractivity contribution >= 4 is 17.8 Å². The van der Waals surface area contributed by atoms with Gasteiger partial charge in [0.2, 0.25) is 0 Å². The van der Waals surface area contributed by atoms with Crippen molar-refractivity contribution < 1.29 is 19.0 Å². The zero-order chi connectivity index (χ0) is 23.4. The lowest BCUT2D eigenvalue weighted by Gasteiger charge is -2.41. The fourth-order valence-electron chi connectivity index (χ4n) is 4.44. The summed E-state index contributed by atoms with van der Waals surface area (Å²) in [4.78, 5) is 20.4. The van der Waals surface area contributed by atoms with Crippen LogP contribution in [0.2, 0.25) is 0 Å². The highest BCUT2D eigenvalue weighted by Crippen LogP contribution is 2.32. The van der Waals surface area contributed by atoms with Crippen LogP contribution < -0.4 is 15.4 Å². The number of anilines is 1. The van der Waals surface area contributed by atoms with E-state index in [1.54, 1.807) is 0 Å². The number of hydrogen-bond donors (Lipinski definition) is 2. The minimum Gasteiger partial charge on any atom is -0.489 e. The first-order valence-corrected chi connectivity index (χ1v) is 11.2. The van der Waals surface area contributed by atoms with Gasteiger partial charge in [-0.2, -0.15) is 0 Å². The molecule has 0 spiro atoms. The molecule has 33 heavy (non-hydrogen) atoms. The second-order valence-electron chi connectivity index (χ2n) is 8.66. The molecule has 0 aliphatic carbocycles. The number of aryl methyl sites for hydroxylation is 1. The number of guanidine groups is 1. The molecule has 2 aliphatic rings. The lowest BCUT2D eigenvalue weighted by atomic mass is 9.91. The van der Waals surface area contributed by atoms with Gasteiger partial charge in [0.25, 0.3) is 0 Å². The number of pyridine rings is 1. The molecule has 9 heteroatoms. The lowest BCUT2D eigenvalue weighted by Crippen LogP contribution is -2.50. The Morgan fingerprint density at radius 3 is 2.67 bits per heavy atom. The van der Waals surface area contributed by atoms with Crippen molar-refractivity contribution in [3.05, 3.63) is 53.3 Å². The molecular formula is C24H31N5O4. The molecule has 0 amide bonds. The monoisotopic (exact) mass is 453 g/mol. The van der Waals surface area contributed by atoms with Crippen molar-refractivity contribution in [3.63, 3.8) is 0 Å². The van der Waals surface area contributed by atoms with E-state index in [0.717, 1.165) is 43.0 Å². The number of piperidine rings is 1. The van der Waals surface area contributed by atoms with Crippen LogP contribution in [0.25, 0.3) is 0 Å². The SMILES string of the molecule is COC(=O)OC1(COc2ccc3c(c2)CN(C(=N)N)CC3)CCN(c2ccnc(C)c2)CC1. The van der Waals surface area contributed by atoms with Crippen molar-refractivity contribution in [2.24, 2.45) is 5.73 Å². The Bertz CT molecular complexity index is 1020. The molecule has 3 heterocycles. The first-order valence-electron chi connectivity index (χ1n) is 11.2. The molecule has 176 valence electrons. The van der Waals surface area contributed by atoms with Crippen molar-refractivity contribution in [1.29, 1.82) is 5.41 Å². The van der Waals surface area contributed by atoms with Gasteiger partial charge >= 0.3 is 6.16 Å². The van der Waals surface area contributed by atoms with Gasteiger partial charge in [-0.05, 0) is 48.7 Å². The Kier molecular flexibility index (Phi) is 6.57. The predicted molar refractivity (Wildman–Crippen MR) is 125 cm³/mol. The summed E-state index contributed by atoms with van der Waals surface area (Å²) in [5, 5.41) is 7.70. The quantitative estimate of drug-likeness (QED) is 0.404. The number of methoxy groups -OCH3 is 1. The Morgan fingerprint density at radius 1 is 1.18 bits per heavy atom. The number of hydrogen-bond acceptors (Lipinski definition) is 7. The van der Waals surface area contributed by atoms with Gasteiger partial charge in [0.1, 0.15) is 12.4 Å². The average molecular weight is 454 g/mol. The standard InChI is InChI=1S/C24H31N5O4/c1-17-13-20(5-9-27-17)28-11-7-24(8-12-28,33-23(30)31-2)16-32-21-4-3-18-6-10-29(22(25)26)15-19(18)14-21/h3-5,9,13-14H,6-8,10-12,15-16H2,1-2H3,(H3,25,26). The molecule has 2 aliphatic heterocycles. The van der Waals surface area contributed by atoms with E-state index in [0.29, 0.717) is 25.1 Å². The molecule has 3 N–H and O–H groups in total. The number of fused-ring (bicyclic) bond motifs is 1. The van der Waals surface area contributed by atoms with Crippen molar-refractivity contribution in [2.45, 2.75) is 38.3 Å². The number of aromatic nitrogens is 1. The first-order chi connectivity index (χ1) is 15.9. The summed E-state index contributed by atoms with van der Waals surface area (Å²) < 4.78 is 16.7. The summed E-state index contributed by atoms with van der Waals surface area (Å²) in [6.07, 6.45) is 3.19. The molecule has 1 fully saturated rings. The number of ether oxygens (including phenoxy) is 3. The van der Waals surface area contributed by atoms with Crippen molar-refractivity contribution in [1.82, 2.24) is 9.88 Å². The zero-order valence-electron chi connectivity index (χ0n) is 19.2. The molecular weight excluding hydrogens is 422 g/mol. The highest BCUT2D eigenvalue weighted by molar-refractivity contribution is 5.75. The van der Waals surface area contributed by atoms with E-state index >= 15 is 0 Å². The van der Waals surface area contributed by atoms with Gasteiger partial charge < -0.3 is 29.7 Å². The summed E-state index contributed by atoms with van der Waals surface area (Å²) in [6.45, 7) is 4.99. The number of nitrogens with zero attached hydrogens (tertiary/aromatic N) is 3. The minimum absolute atomic E-state index is 0.0774. The molecule has 9 nitrogen and oxygen atoms in total. The Labute approximate surface area is 193 Å². The smallest absolute Gasteiger partial charge is 0.489 e. The summed E-state index contributed by atoms with van der Waals surface area (Å²) in [5.41, 5.74) is 9.31. The van der Waals surface area contributed by atoms with Gasteiger partial charge in [0.05, 0.1) is 7.11 Å². The van der Waals surface area contributed by atoms with Crippen LogP contribution in [0.5, 0.6) is 5.75 Å². The third-order valence-corrected chi connectivity index (χ3v) is 6.42. The fourth-order valence-corrected chi connectivity index (χ4v) is 4.44. The number of nitrogens with one attached hydrogen (secondary N) is 1. The van der Waals surface area contributed by atoms with Crippen LogP contribution in [-0.4, -0.2) is 61.0 Å². The van der Waals surface area contributed by atoms with Crippen molar-refractivity contribution in [2.75, 3.05) is 38.3 Å². The van der Waals surface area contributed by atoms with E-state index in [-0.39, 0.29) is 12.6 Å². The van der Waals surface area contributed by atoms with Gasteiger partial charge in [-0.15, -0.1) is 0 Å². The number of benzene rings is 1. The Morgan fingerprint density at radius 2 is 1.97 bits per heavy atom. The lowest BCUT2D eigenvalue weighted by molar-refractivity contribution is -0.0650. The fraction of sp³-hybridized carbons (Fsp3) is 0.458. The van der Waals surface area contributed by atoms with E-state index in [4.69, 9.17) is 25.4 Å². The van der Waals surface area contributed by atoms with Gasteiger partial charge in [-0.25, -0.2) is 4.79 Å². The van der Waals surface area contributed by atoms with E-state index in [9.17, 15) is 4.79 Å². The normalized spacial score (nSPS) is 17.2. The molecule has 0 radical (unpaired) electrons. The second-order valence-corrected chi connectivity index (χ2v) is 8.66. The third-order valence-electron chi connectivity index (χ3n) is 6.42. The summed E-state index contributed by atoms with van der Waals surface area (Å²) in [6, 6.07) is 10.1. The number of carbonyl (C=O) groups is 1. The molecule has 1 aromatic carbocycles. The van der Waals surface area contributed by atoms with Crippen LogP contribution >= 0.6 is 0 Å². The highest BCUT2D eigenvalue weighted by atomic mass is 16.7. The van der Waals surface area contributed by atoms with Crippen LogP contribution in [-0.2, 0) is 22.4 Å². The molecule has 0 atom stereocenters. The highest BCUT2D eigenvalue weighted by Gasteiger charge is 2.40. The molecule has 2 aromatic rings. The predicted octanol–water partition coefficient (Wildman–Crippen LogP) is 2.84. The van der Waals surface area contributed by atoms with Gasteiger partial charge in [-0.1, -0.05) is 6.07 Å². The largest absolute Gasteiger partial charge is 0.508 e. The van der Waals surface area contributed by atoms with Crippen LogP contribution in [0.1, 0.15) is 29.7 Å². The van der Waals surface area contributed by atoms with Gasteiger partial charge in [0, 0.05) is 56.6 Å². The number of rotatable bonds is 5. The van der Waals surface area contributed by atoms with E-state index in [1.165, 1.54) is 12.7 Å². The zero-order valence-corrected chi connectivity index (χ0v) is 19.2. The van der Waals surface area contributed by atoms with Gasteiger partial charge in [0.15, 0.2) is 11.6 Å². The van der Waals surface area contributed by atoms with E-state index < -0.39 is 11.8 Å². The Hall–Kier alpha value is -3.49. The Balaban J connectivity index is 1.45. The minimum atomic E-state index is -0.771. The van der Waals surface area contributed by atoms with Crippen LogP contribution in [0, 0.1) is 12.3 Å². The third kappa shape index (κ3) is 5.30. The molecule has 0 unspecified atom stereocenters. The number of carbonyl (C=O) groups excluding carboxylic acids is 1. The van der Waals surface area contributed by atoms with Crippen LogP contribution in [0.15, 0.2) is 36.5 Å². The molecule has 0 bridgehead atoms. The summed E-state index contributed by atoms with van der Waals surface area (Å²) >= 11 is 0. The molecule has 4 rings (SSSR count). The first kappa shape index (κ1) is 22.7. The molecule has 1 aromatic heterocycles. The maximum absolute atomic E-state index is 12.0. The van der Waals surface area contributed by atoms with Crippen LogP contribution in [0.4, 0.5) is 10.5 Å². The van der Waals surface area contributed by atoms with Crippen LogP contribution in [0.3, 0.4) is 0 Å². The maximum atomic E-state index is 12.0. The summed E-state index contributed by atoms with van der Waals surface area (Å²) in [5.74, 6) is 0.785.